The first kappa shape index (κ1) is 15.1. The largest absolute Gasteiger partial charge is 0.396 e. The minimum atomic E-state index is 0.322. The second kappa shape index (κ2) is 6.98. The number of aromatic nitrogens is 4. The summed E-state index contributed by atoms with van der Waals surface area (Å²) in [5.74, 6) is 1.34. The van der Waals surface area contributed by atoms with Crippen LogP contribution in [0.2, 0.25) is 0 Å². The third-order valence-corrected chi connectivity index (χ3v) is 4.62. The fourth-order valence-corrected chi connectivity index (χ4v) is 3.19. The zero-order valence-corrected chi connectivity index (χ0v) is 13.0. The smallest absolute Gasteiger partial charge is 0.170 e. The SMILES string of the molecule is CN(Cc1nnnn1-c1ccccc1)C1CCC(CO)CC1. The minimum absolute atomic E-state index is 0.322. The summed E-state index contributed by atoms with van der Waals surface area (Å²) >= 11 is 0. The normalized spacial score (nSPS) is 22.1. The fourth-order valence-electron chi connectivity index (χ4n) is 3.19. The highest BCUT2D eigenvalue weighted by Gasteiger charge is 2.24. The Labute approximate surface area is 130 Å². The molecule has 0 saturated heterocycles. The van der Waals surface area contributed by atoms with Crippen LogP contribution in [0.15, 0.2) is 30.3 Å². The first-order chi connectivity index (χ1) is 10.8. The van der Waals surface area contributed by atoms with E-state index in [4.69, 9.17) is 0 Å². The average molecular weight is 301 g/mol. The first-order valence-corrected chi connectivity index (χ1v) is 7.91. The molecule has 0 aliphatic heterocycles. The number of hydrogen-bond acceptors (Lipinski definition) is 5. The standard InChI is InChI=1S/C16H23N5O/c1-20(14-9-7-13(12-22)8-10-14)11-16-17-18-19-21(16)15-5-3-2-4-6-15/h2-6,13-14,22H,7-12H2,1H3. The molecule has 1 aliphatic rings. The van der Waals surface area contributed by atoms with E-state index in [1.807, 2.05) is 30.3 Å². The molecule has 0 unspecified atom stereocenters. The van der Waals surface area contributed by atoms with Crippen LogP contribution in [0.3, 0.4) is 0 Å². The van der Waals surface area contributed by atoms with Crippen LogP contribution in [0.1, 0.15) is 31.5 Å². The van der Waals surface area contributed by atoms with Crippen molar-refractivity contribution >= 4 is 0 Å². The predicted octanol–water partition coefficient (Wildman–Crippen LogP) is 1.65. The summed E-state index contributed by atoms with van der Waals surface area (Å²) in [6.45, 7) is 1.05. The van der Waals surface area contributed by atoms with Crippen LogP contribution in [0.25, 0.3) is 5.69 Å². The summed E-state index contributed by atoms with van der Waals surface area (Å²) in [5, 5.41) is 21.4. The van der Waals surface area contributed by atoms with E-state index < -0.39 is 0 Å². The van der Waals surface area contributed by atoms with Crippen LogP contribution in [-0.2, 0) is 6.54 Å². The minimum Gasteiger partial charge on any atom is -0.396 e. The summed E-state index contributed by atoms with van der Waals surface area (Å²) < 4.78 is 1.80. The molecule has 0 amide bonds. The van der Waals surface area contributed by atoms with Crippen molar-refractivity contribution in [3.63, 3.8) is 0 Å². The van der Waals surface area contributed by atoms with Gasteiger partial charge in [0.15, 0.2) is 5.82 Å². The van der Waals surface area contributed by atoms with E-state index in [0.717, 1.165) is 43.7 Å². The van der Waals surface area contributed by atoms with Crippen molar-refractivity contribution in [2.45, 2.75) is 38.3 Å². The van der Waals surface area contributed by atoms with Gasteiger partial charge in [0, 0.05) is 12.6 Å². The lowest BCUT2D eigenvalue weighted by atomic mass is 9.86. The molecule has 2 aromatic rings. The van der Waals surface area contributed by atoms with Crippen molar-refractivity contribution in [3.05, 3.63) is 36.2 Å². The van der Waals surface area contributed by atoms with Gasteiger partial charge in [-0.2, -0.15) is 4.68 Å². The molecule has 1 heterocycles. The van der Waals surface area contributed by atoms with Crippen molar-refractivity contribution in [1.82, 2.24) is 25.1 Å². The Morgan fingerprint density at radius 1 is 1.18 bits per heavy atom. The van der Waals surface area contributed by atoms with Crippen molar-refractivity contribution in [1.29, 1.82) is 0 Å². The van der Waals surface area contributed by atoms with Gasteiger partial charge in [0.05, 0.1) is 12.2 Å². The molecular weight excluding hydrogens is 278 g/mol. The van der Waals surface area contributed by atoms with E-state index in [0.29, 0.717) is 18.6 Å². The van der Waals surface area contributed by atoms with E-state index in [1.165, 1.54) is 0 Å². The number of aliphatic hydroxyl groups is 1. The number of tetrazole rings is 1. The maximum Gasteiger partial charge on any atom is 0.170 e. The Morgan fingerprint density at radius 2 is 1.91 bits per heavy atom. The first-order valence-electron chi connectivity index (χ1n) is 7.91. The van der Waals surface area contributed by atoms with Crippen LogP contribution in [0.4, 0.5) is 0 Å². The summed E-state index contributed by atoms with van der Waals surface area (Å²) in [6, 6.07) is 10.5. The number of aliphatic hydroxyl groups excluding tert-OH is 1. The molecule has 6 nitrogen and oxygen atoms in total. The molecule has 0 atom stereocenters. The Balaban J connectivity index is 1.66. The predicted molar refractivity (Wildman–Crippen MR) is 83.5 cm³/mol. The van der Waals surface area contributed by atoms with E-state index in [-0.39, 0.29) is 0 Å². The van der Waals surface area contributed by atoms with Gasteiger partial charge >= 0.3 is 0 Å². The van der Waals surface area contributed by atoms with Gasteiger partial charge in [0.25, 0.3) is 0 Å². The molecule has 1 aliphatic carbocycles. The van der Waals surface area contributed by atoms with Gasteiger partial charge in [-0.15, -0.1) is 5.10 Å². The molecule has 118 valence electrons. The van der Waals surface area contributed by atoms with Crippen LogP contribution in [0.5, 0.6) is 0 Å². The second-order valence-corrected chi connectivity index (χ2v) is 6.11. The molecule has 3 rings (SSSR count). The third kappa shape index (κ3) is 3.34. The van der Waals surface area contributed by atoms with E-state index in [9.17, 15) is 5.11 Å². The monoisotopic (exact) mass is 301 g/mol. The van der Waals surface area contributed by atoms with Crippen LogP contribution in [0, 0.1) is 5.92 Å². The van der Waals surface area contributed by atoms with Gasteiger partial charge in [-0.05, 0) is 61.2 Å². The summed E-state index contributed by atoms with van der Waals surface area (Å²) in [5.41, 5.74) is 0.986. The molecular formula is C16H23N5O. The highest BCUT2D eigenvalue weighted by molar-refractivity contribution is 5.30. The molecule has 0 radical (unpaired) electrons. The lowest BCUT2D eigenvalue weighted by Gasteiger charge is -2.33. The maximum atomic E-state index is 9.24. The topological polar surface area (TPSA) is 67.1 Å². The fraction of sp³-hybridized carbons (Fsp3) is 0.562. The summed E-state index contributed by atoms with van der Waals surface area (Å²) in [7, 11) is 2.13. The van der Waals surface area contributed by atoms with E-state index in [1.54, 1.807) is 4.68 Å². The molecule has 0 spiro atoms. The van der Waals surface area contributed by atoms with Crippen molar-refractivity contribution in [2.75, 3.05) is 13.7 Å². The Bertz CT molecular complexity index is 577. The van der Waals surface area contributed by atoms with E-state index in [2.05, 4.69) is 27.5 Å². The Kier molecular flexibility index (Phi) is 4.80. The van der Waals surface area contributed by atoms with Crippen molar-refractivity contribution < 1.29 is 5.11 Å². The van der Waals surface area contributed by atoms with Gasteiger partial charge in [0.1, 0.15) is 0 Å². The molecule has 22 heavy (non-hydrogen) atoms. The maximum absolute atomic E-state index is 9.24. The van der Waals surface area contributed by atoms with Gasteiger partial charge in [-0.3, -0.25) is 4.90 Å². The van der Waals surface area contributed by atoms with Gasteiger partial charge in [-0.25, -0.2) is 0 Å². The van der Waals surface area contributed by atoms with Crippen LogP contribution in [-0.4, -0.2) is 49.9 Å². The van der Waals surface area contributed by atoms with Gasteiger partial charge < -0.3 is 5.11 Å². The highest BCUT2D eigenvalue weighted by atomic mass is 16.3. The van der Waals surface area contributed by atoms with Crippen LogP contribution < -0.4 is 0 Å². The average Bonchev–Trinajstić information content (AvgIpc) is 3.04. The van der Waals surface area contributed by atoms with Crippen molar-refractivity contribution in [2.24, 2.45) is 5.92 Å². The van der Waals surface area contributed by atoms with E-state index >= 15 is 0 Å². The summed E-state index contributed by atoms with van der Waals surface area (Å²) in [4.78, 5) is 2.33. The quantitative estimate of drug-likeness (QED) is 0.909. The zero-order chi connectivity index (χ0) is 15.4. The molecule has 0 bridgehead atoms. The second-order valence-electron chi connectivity index (χ2n) is 6.11. The Morgan fingerprint density at radius 3 is 2.59 bits per heavy atom. The molecule has 1 aromatic carbocycles. The number of hydrogen-bond donors (Lipinski definition) is 1. The lowest BCUT2D eigenvalue weighted by Crippen LogP contribution is -2.36. The number of nitrogens with zero attached hydrogens (tertiary/aromatic N) is 5. The van der Waals surface area contributed by atoms with Crippen LogP contribution >= 0.6 is 0 Å². The Hall–Kier alpha value is -1.79. The zero-order valence-electron chi connectivity index (χ0n) is 13.0. The third-order valence-electron chi connectivity index (χ3n) is 4.62. The lowest BCUT2D eigenvalue weighted by molar-refractivity contribution is 0.122. The number of para-hydroxylation sites is 1. The molecule has 1 saturated carbocycles. The summed E-state index contributed by atoms with van der Waals surface area (Å²) in [6.07, 6.45) is 4.48. The molecule has 6 heteroatoms. The van der Waals surface area contributed by atoms with Gasteiger partial charge in [0.2, 0.25) is 0 Å². The molecule has 1 aromatic heterocycles. The highest BCUT2D eigenvalue weighted by Crippen LogP contribution is 2.27. The molecule has 1 fully saturated rings. The van der Waals surface area contributed by atoms with Crippen molar-refractivity contribution in [3.8, 4) is 5.69 Å². The molecule has 1 N–H and O–H groups in total. The van der Waals surface area contributed by atoms with Gasteiger partial charge in [-0.1, -0.05) is 18.2 Å². The number of rotatable bonds is 5. The number of benzene rings is 1.